The fourth-order valence-corrected chi connectivity index (χ4v) is 5.69. The fourth-order valence-electron chi connectivity index (χ4n) is 4.01. The van der Waals surface area contributed by atoms with Crippen molar-refractivity contribution in [1.82, 2.24) is 14.1 Å². The molecule has 1 aromatic carbocycles. The van der Waals surface area contributed by atoms with Gasteiger partial charge in [-0.05, 0) is 43.9 Å². The van der Waals surface area contributed by atoms with E-state index in [0.717, 1.165) is 42.4 Å². The maximum atomic E-state index is 13.1. The molecule has 2 heterocycles. The van der Waals surface area contributed by atoms with Crippen LogP contribution in [0.4, 0.5) is 13.2 Å². The second-order valence-electron chi connectivity index (χ2n) is 8.26. The summed E-state index contributed by atoms with van der Waals surface area (Å²) in [4.78, 5) is 16.1. The Morgan fingerprint density at radius 2 is 1.68 bits per heavy atom. The van der Waals surface area contributed by atoms with E-state index in [1.54, 1.807) is 0 Å². The van der Waals surface area contributed by atoms with Crippen LogP contribution in [-0.4, -0.2) is 73.7 Å². The molecule has 0 spiro atoms. The van der Waals surface area contributed by atoms with Gasteiger partial charge in [0, 0.05) is 39.3 Å². The van der Waals surface area contributed by atoms with Gasteiger partial charge in [-0.3, -0.25) is 9.69 Å². The van der Waals surface area contributed by atoms with Gasteiger partial charge < -0.3 is 4.90 Å². The summed E-state index contributed by atoms with van der Waals surface area (Å²) in [5.41, 5.74) is -1.18. The van der Waals surface area contributed by atoms with E-state index in [2.05, 4.69) is 6.92 Å². The van der Waals surface area contributed by atoms with Crippen molar-refractivity contribution in [1.29, 1.82) is 0 Å². The Kier molecular flexibility index (Phi) is 7.25. The van der Waals surface area contributed by atoms with Gasteiger partial charge in [-0.25, -0.2) is 8.42 Å². The summed E-state index contributed by atoms with van der Waals surface area (Å²) in [6.07, 6.45) is -2.79. The molecule has 6 nitrogen and oxygen atoms in total. The molecule has 2 aliphatic rings. The molecule has 2 aliphatic heterocycles. The number of amides is 1. The predicted octanol–water partition coefficient (Wildman–Crippen LogP) is 3.31. The number of benzene rings is 1. The van der Waals surface area contributed by atoms with Crippen LogP contribution in [0.2, 0.25) is 5.02 Å². The van der Waals surface area contributed by atoms with Crippen LogP contribution >= 0.6 is 11.6 Å². The van der Waals surface area contributed by atoms with Crippen LogP contribution in [-0.2, 0) is 21.0 Å². The van der Waals surface area contributed by atoms with Crippen LogP contribution in [0.3, 0.4) is 0 Å². The van der Waals surface area contributed by atoms with E-state index >= 15 is 0 Å². The first-order chi connectivity index (χ1) is 14.4. The second kappa shape index (κ2) is 9.25. The van der Waals surface area contributed by atoms with Gasteiger partial charge in [-0.15, -0.1) is 0 Å². The van der Waals surface area contributed by atoms with Crippen molar-refractivity contribution in [3.63, 3.8) is 0 Å². The molecule has 0 aliphatic carbocycles. The highest BCUT2D eigenvalue weighted by Crippen LogP contribution is 2.36. The van der Waals surface area contributed by atoms with Crippen LogP contribution in [0.1, 0.15) is 32.3 Å². The molecule has 0 N–H and O–H groups in total. The maximum absolute atomic E-state index is 13.1. The summed E-state index contributed by atoms with van der Waals surface area (Å²) >= 11 is 5.60. The van der Waals surface area contributed by atoms with E-state index in [4.69, 9.17) is 11.6 Å². The number of rotatable bonds is 4. The van der Waals surface area contributed by atoms with Gasteiger partial charge >= 0.3 is 6.18 Å². The molecular formula is C20H27ClF3N3O3S. The van der Waals surface area contributed by atoms with Gasteiger partial charge in [-0.2, -0.15) is 17.5 Å². The van der Waals surface area contributed by atoms with Crippen molar-refractivity contribution in [3.8, 4) is 0 Å². The molecule has 174 valence electrons. The first kappa shape index (κ1) is 24.3. The third-order valence-corrected chi connectivity index (χ3v) is 8.38. The number of likely N-dealkylation sites (tertiary alicyclic amines) is 1. The van der Waals surface area contributed by atoms with E-state index in [0.29, 0.717) is 25.1 Å². The number of halogens is 4. The molecule has 1 aromatic rings. The zero-order chi connectivity index (χ0) is 23.0. The zero-order valence-electron chi connectivity index (χ0n) is 17.5. The number of carbonyl (C=O) groups excluding carboxylic acids is 1. The third-order valence-electron chi connectivity index (χ3n) is 6.15. The molecule has 3 rings (SSSR count). The fraction of sp³-hybridized carbons (Fsp3) is 0.650. The molecule has 1 amide bonds. The number of alkyl halides is 3. The lowest BCUT2D eigenvalue weighted by Crippen LogP contribution is -2.56. The summed E-state index contributed by atoms with van der Waals surface area (Å²) in [5, 5.41) is -0.546. The van der Waals surface area contributed by atoms with Crippen LogP contribution < -0.4 is 0 Å². The van der Waals surface area contributed by atoms with Gasteiger partial charge in [-0.1, -0.05) is 18.5 Å². The molecule has 1 atom stereocenters. The summed E-state index contributed by atoms with van der Waals surface area (Å²) in [6.45, 7) is 6.31. The van der Waals surface area contributed by atoms with Crippen molar-refractivity contribution in [2.24, 2.45) is 5.92 Å². The topological polar surface area (TPSA) is 60.9 Å². The average molecular weight is 482 g/mol. The Bertz CT molecular complexity index is 910. The standard InChI is InChI=1S/C20H27ClF3N3O3S/c1-14-5-7-26(8-6-14)19(28)15(2)25-9-11-27(12-10-25)31(29,30)16-3-4-18(21)17(13-16)20(22,23)24/h3-4,13-15H,5-12H2,1-2H3. The van der Waals surface area contributed by atoms with Crippen molar-refractivity contribution in [3.05, 3.63) is 28.8 Å². The lowest BCUT2D eigenvalue weighted by molar-refractivity contribution is -0.138. The lowest BCUT2D eigenvalue weighted by Gasteiger charge is -2.39. The van der Waals surface area contributed by atoms with Crippen molar-refractivity contribution < 1.29 is 26.4 Å². The minimum Gasteiger partial charge on any atom is -0.341 e. The largest absolute Gasteiger partial charge is 0.417 e. The molecule has 2 fully saturated rings. The lowest BCUT2D eigenvalue weighted by atomic mass is 9.98. The molecule has 0 aromatic heterocycles. The number of carbonyl (C=O) groups is 1. The Balaban J connectivity index is 1.65. The quantitative estimate of drug-likeness (QED) is 0.662. The van der Waals surface area contributed by atoms with Gasteiger partial charge in [0.2, 0.25) is 15.9 Å². The van der Waals surface area contributed by atoms with E-state index in [1.807, 2.05) is 16.7 Å². The minimum atomic E-state index is -4.75. The second-order valence-corrected chi connectivity index (χ2v) is 10.6. The highest BCUT2D eigenvalue weighted by Gasteiger charge is 2.37. The van der Waals surface area contributed by atoms with E-state index in [-0.39, 0.29) is 25.0 Å². The van der Waals surface area contributed by atoms with Gasteiger partial charge in [0.25, 0.3) is 0 Å². The normalized spacial score (nSPS) is 21.3. The van der Waals surface area contributed by atoms with Gasteiger partial charge in [0.15, 0.2) is 0 Å². The summed E-state index contributed by atoms with van der Waals surface area (Å²) in [6, 6.07) is 2.25. The highest BCUT2D eigenvalue weighted by atomic mass is 35.5. The van der Waals surface area contributed by atoms with Crippen LogP contribution in [0, 0.1) is 5.92 Å². The Labute approximate surface area is 186 Å². The van der Waals surface area contributed by atoms with Crippen molar-refractivity contribution >= 4 is 27.5 Å². The Morgan fingerprint density at radius 3 is 2.23 bits per heavy atom. The molecular weight excluding hydrogens is 455 g/mol. The number of hydrogen-bond donors (Lipinski definition) is 0. The average Bonchev–Trinajstić information content (AvgIpc) is 2.72. The Morgan fingerprint density at radius 1 is 1.10 bits per heavy atom. The molecule has 1 unspecified atom stereocenters. The molecule has 0 bridgehead atoms. The van der Waals surface area contributed by atoms with Crippen molar-refractivity contribution in [2.45, 2.75) is 43.8 Å². The number of piperidine rings is 1. The van der Waals surface area contributed by atoms with Crippen LogP contribution in [0.25, 0.3) is 0 Å². The number of piperazine rings is 1. The van der Waals surface area contributed by atoms with Gasteiger partial charge in [0.05, 0.1) is 21.5 Å². The zero-order valence-corrected chi connectivity index (χ0v) is 19.1. The van der Waals surface area contributed by atoms with Crippen LogP contribution in [0.15, 0.2) is 23.1 Å². The van der Waals surface area contributed by atoms with Crippen LogP contribution in [0.5, 0.6) is 0 Å². The first-order valence-electron chi connectivity index (χ1n) is 10.3. The summed E-state index contributed by atoms with van der Waals surface area (Å²) < 4.78 is 66.3. The maximum Gasteiger partial charge on any atom is 0.417 e. The highest BCUT2D eigenvalue weighted by molar-refractivity contribution is 7.89. The third kappa shape index (κ3) is 5.35. The number of nitrogens with zero attached hydrogens (tertiary/aromatic N) is 3. The number of sulfonamides is 1. The van der Waals surface area contributed by atoms with Gasteiger partial charge in [0.1, 0.15) is 0 Å². The summed E-state index contributed by atoms with van der Waals surface area (Å²) in [7, 11) is -4.10. The number of hydrogen-bond acceptors (Lipinski definition) is 4. The molecule has 0 saturated carbocycles. The van der Waals surface area contributed by atoms with Crippen molar-refractivity contribution in [2.75, 3.05) is 39.3 Å². The smallest absolute Gasteiger partial charge is 0.341 e. The molecule has 0 radical (unpaired) electrons. The van der Waals surface area contributed by atoms with E-state index in [1.165, 1.54) is 0 Å². The monoisotopic (exact) mass is 481 g/mol. The van der Waals surface area contributed by atoms with E-state index in [9.17, 15) is 26.4 Å². The molecule has 2 saturated heterocycles. The summed E-state index contributed by atoms with van der Waals surface area (Å²) in [5.74, 6) is 0.648. The molecule has 31 heavy (non-hydrogen) atoms. The van der Waals surface area contributed by atoms with E-state index < -0.39 is 31.7 Å². The SMILES string of the molecule is CC1CCN(C(=O)C(C)N2CCN(S(=O)(=O)c3ccc(Cl)c(C(F)(F)F)c3)CC2)CC1. The Hall–Kier alpha value is -1.36. The minimum absolute atomic E-state index is 0.0377. The molecule has 11 heteroatoms. The predicted molar refractivity (Wildman–Crippen MR) is 111 cm³/mol. The first-order valence-corrected chi connectivity index (χ1v) is 12.1.